The molecule has 1 aromatic carbocycles. The van der Waals surface area contributed by atoms with E-state index in [0.29, 0.717) is 12.3 Å². The van der Waals surface area contributed by atoms with Crippen LogP contribution in [0.3, 0.4) is 0 Å². The van der Waals surface area contributed by atoms with Gasteiger partial charge in [-0.15, -0.1) is 0 Å². The van der Waals surface area contributed by atoms with Gasteiger partial charge in [-0.3, -0.25) is 4.90 Å². The van der Waals surface area contributed by atoms with E-state index in [9.17, 15) is 14.0 Å². The molecule has 1 aliphatic heterocycles. The molecule has 1 aliphatic rings. The number of nitriles is 1. The van der Waals surface area contributed by atoms with Gasteiger partial charge >= 0.3 is 6.61 Å². The minimum atomic E-state index is -2.94. The molecule has 0 bridgehead atoms. The number of benzene rings is 1. The van der Waals surface area contributed by atoms with Gasteiger partial charge in [0, 0.05) is 39.8 Å². The molecule has 1 aromatic rings. The number of halogens is 2. The zero-order valence-corrected chi connectivity index (χ0v) is 12.5. The molecule has 0 saturated carbocycles. The molecule has 7 heteroatoms. The summed E-state index contributed by atoms with van der Waals surface area (Å²) < 4.78 is 34.3. The molecule has 2 rings (SSSR count). The van der Waals surface area contributed by atoms with Crippen LogP contribution in [0.25, 0.3) is 0 Å². The van der Waals surface area contributed by atoms with Gasteiger partial charge in [0.05, 0.1) is 12.3 Å². The molecule has 0 aromatic heterocycles. The largest absolute Gasteiger partial charge is 0.433 e. The third kappa shape index (κ3) is 4.06. The van der Waals surface area contributed by atoms with E-state index < -0.39 is 6.61 Å². The Kier molecular flexibility index (Phi) is 5.92. The third-order valence-corrected chi connectivity index (χ3v) is 3.66. The maximum absolute atomic E-state index is 12.4. The van der Waals surface area contributed by atoms with Crippen LogP contribution in [0, 0.1) is 11.3 Å². The number of alkyl halides is 2. The summed E-state index contributed by atoms with van der Waals surface area (Å²) in [7, 11) is 1.67. The number of anilines is 1. The second-order valence-electron chi connectivity index (χ2n) is 4.96. The van der Waals surface area contributed by atoms with E-state index in [0.717, 1.165) is 32.7 Å². The molecule has 1 saturated heterocycles. The molecule has 22 heavy (non-hydrogen) atoms. The predicted molar refractivity (Wildman–Crippen MR) is 78.3 cm³/mol. The Labute approximate surface area is 128 Å². The third-order valence-electron chi connectivity index (χ3n) is 3.66. The first kappa shape index (κ1) is 16.5. The second-order valence-corrected chi connectivity index (χ2v) is 4.96. The zero-order valence-electron chi connectivity index (χ0n) is 12.5. The summed E-state index contributed by atoms with van der Waals surface area (Å²) in [6.45, 7) is 1.76. The molecular formula is C15H19F2N3O2. The molecule has 5 nitrogen and oxygen atoms in total. The van der Waals surface area contributed by atoms with Crippen molar-refractivity contribution in [3.05, 3.63) is 23.8 Å². The lowest BCUT2D eigenvalue weighted by atomic mass is 10.1. The quantitative estimate of drug-likeness (QED) is 0.803. The van der Waals surface area contributed by atoms with Crippen molar-refractivity contribution in [1.82, 2.24) is 4.90 Å². The summed E-state index contributed by atoms with van der Waals surface area (Å²) in [6, 6.07) is 6.77. The molecule has 0 aliphatic carbocycles. The Morgan fingerprint density at radius 3 is 2.59 bits per heavy atom. The molecule has 0 atom stereocenters. The van der Waals surface area contributed by atoms with Crippen LogP contribution >= 0.6 is 0 Å². The van der Waals surface area contributed by atoms with Crippen LogP contribution < -0.4 is 9.64 Å². The highest BCUT2D eigenvalue weighted by Gasteiger charge is 2.21. The van der Waals surface area contributed by atoms with Gasteiger partial charge in [0.25, 0.3) is 0 Å². The Balaban J connectivity index is 2.08. The molecule has 0 N–H and O–H groups in total. The van der Waals surface area contributed by atoms with Crippen LogP contribution in [0.4, 0.5) is 14.5 Å². The van der Waals surface area contributed by atoms with Crippen LogP contribution in [-0.4, -0.2) is 58.0 Å². The highest BCUT2D eigenvalue weighted by atomic mass is 19.3. The molecule has 0 unspecified atom stereocenters. The van der Waals surface area contributed by atoms with Crippen molar-refractivity contribution in [3.63, 3.8) is 0 Å². The average molecular weight is 311 g/mol. The van der Waals surface area contributed by atoms with E-state index in [1.165, 1.54) is 6.07 Å². The minimum Gasteiger partial charge on any atom is -0.433 e. The van der Waals surface area contributed by atoms with E-state index >= 15 is 0 Å². The Morgan fingerprint density at radius 1 is 1.27 bits per heavy atom. The highest BCUT2D eigenvalue weighted by Crippen LogP contribution is 2.30. The van der Waals surface area contributed by atoms with Crippen LogP contribution in [0.15, 0.2) is 18.2 Å². The van der Waals surface area contributed by atoms with Gasteiger partial charge in [-0.05, 0) is 12.1 Å². The van der Waals surface area contributed by atoms with Gasteiger partial charge in [-0.2, -0.15) is 14.0 Å². The molecule has 0 radical (unpaired) electrons. The van der Waals surface area contributed by atoms with Gasteiger partial charge in [-0.25, -0.2) is 0 Å². The topological polar surface area (TPSA) is 48.7 Å². The summed E-state index contributed by atoms with van der Waals surface area (Å²) in [5, 5.41) is 9.28. The Bertz CT molecular complexity index is 526. The molecule has 0 amide bonds. The van der Waals surface area contributed by atoms with Crippen LogP contribution in [0.2, 0.25) is 0 Å². The lowest BCUT2D eigenvalue weighted by Crippen LogP contribution is -2.47. The van der Waals surface area contributed by atoms with Crippen molar-refractivity contribution in [3.8, 4) is 11.8 Å². The van der Waals surface area contributed by atoms with Gasteiger partial charge in [0.2, 0.25) is 0 Å². The van der Waals surface area contributed by atoms with Crippen LogP contribution in [0.1, 0.15) is 5.56 Å². The first-order valence-electron chi connectivity index (χ1n) is 7.10. The summed E-state index contributed by atoms with van der Waals surface area (Å²) in [5.74, 6) is -0.0724. The van der Waals surface area contributed by atoms with Gasteiger partial charge in [-0.1, -0.05) is 6.07 Å². The second kappa shape index (κ2) is 7.92. The number of rotatable bonds is 6. The molecule has 1 heterocycles. The van der Waals surface area contributed by atoms with Crippen molar-refractivity contribution in [2.45, 2.75) is 6.61 Å². The molecular weight excluding hydrogens is 292 g/mol. The minimum absolute atomic E-state index is 0.0724. The maximum atomic E-state index is 12.4. The lowest BCUT2D eigenvalue weighted by Gasteiger charge is -2.36. The lowest BCUT2D eigenvalue weighted by molar-refractivity contribution is -0.0500. The van der Waals surface area contributed by atoms with E-state index in [4.69, 9.17) is 4.74 Å². The molecule has 120 valence electrons. The van der Waals surface area contributed by atoms with E-state index in [1.807, 2.05) is 11.0 Å². The number of ether oxygens (including phenoxy) is 2. The van der Waals surface area contributed by atoms with Gasteiger partial charge in [0.15, 0.2) is 0 Å². The zero-order chi connectivity index (χ0) is 15.9. The number of hydrogen-bond donors (Lipinski definition) is 0. The standard InChI is InChI=1S/C15H19F2N3O2/c1-21-10-9-19-5-7-20(8-6-19)13-3-2-4-14(12(13)11-18)22-15(16)17/h2-4,15H,5-10H2,1H3. The predicted octanol–water partition coefficient (Wildman–Crippen LogP) is 1.93. The fraction of sp³-hybridized carbons (Fsp3) is 0.533. The monoisotopic (exact) mass is 311 g/mol. The van der Waals surface area contributed by atoms with Crippen LogP contribution in [-0.2, 0) is 4.74 Å². The van der Waals surface area contributed by atoms with Gasteiger partial charge < -0.3 is 14.4 Å². The number of piperazine rings is 1. The first-order chi connectivity index (χ1) is 10.7. The highest BCUT2D eigenvalue weighted by molar-refractivity contribution is 5.65. The van der Waals surface area contributed by atoms with Crippen molar-refractivity contribution in [2.24, 2.45) is 0 Å². The average Bonchev–Trinajstić information content (AvgIpc) is 2.52. The van der Waals surface area contributed by atoms with Gasteiger partial charge in [0.1, 0.15) is 17.4 Å². The normalized spacial score (nSPS) is 15.9. The van der Waals surface area contributed by atoms with Crippen molar-refractivity contribution >= 4 is 5.69 Å². The van der Waals surface area contributed by atoms with Crippen molar-refractivity contribution < 1.29 is 18.3 Å². The summed E-state index contributed by atoms with van der Waals surface area (Å²) in [6.07, 6.45) is 0. The van der Waals surface area contributed by atoms with E-state index in [-0.39, 0.29) is 11.3 Å². The summed E-state index contributed by atoms with van der Waals surface area (Å²) in [4.78, 5) is 4.30. The van der Waals surface area contributed by atoms with Crippen LogP contribution in [0.5, 0.6) is 5.75 Å². The molecule has 1 fully saturated rings. The fourth-order valence-corrected chi connectivity index (χ4v) is 2.52. The van der Waals surface area contributed by atoms with Crippen molar-refractivity contribution in [2.75, 3.05) is 51.3 Å². The Morgan fingerprint density at radius 2 is 2.00 bits per heavy atom. The SMILES string of the molecule is COCCN1CCN(c2cccc(OC(F)F)c2C#N)CC1. The smallest absolute Gasteiger partial charge is 0.387 e. The summed E-state index contributed by atoms with van der Waals surface area (Å²) in [5.41, 5.74) is 0.806. The van der Waals surface area contributed by atoms with Crippen molar-refractivity contribution in [1.29, 1.82) is 5.26 Å². The summed E-state index contributed by atoms with van der Waals surface area (Å²) >= 11 is 0. The Hall–Kier alpha value is -1.91. The molecule has 0 spiro atoms. The number of hydrogen-bond acceptors (Lipinski definition) is 5. The number of methoxy groups -OCH3 is 1. The first-order valence-corrected chi connectivity index (χ1v) is 7.10. The fourth-order valence-electron chi connectivity index (χ4n) is 2.52. The number of nitrogens with zero attached hydrogens (tertiary/aromatic N) is 3. The van der Waals surface area contributed by atoms with E-state index in [2.05, 4.69) is 9.64 Å². The van der Waals surface area contributed by atoms with E-state index in [1.54, 1.807) is 19.2 Å². The maximum Gasteiger partial charge on any atom is 0.387 e.